The maximum Gasteiger partial charge on any atom is 0.258 e. The lowest BCUT2D eigenvalue weighted by Crippen LogP contribution is -2.14. The first-order chi connectivity index (χ1) is 14.0. The SMILES string of the molecule is Cc1cnc2c(NC(=O)c3c(Cl)cccc3Cl)cccc2c1-n1cnc(CO)c1. The van der Waals surface area contributed by atoms with Gasteiger partial charge in [0.1, 0.15) is 0 Å². The maximum absolute atomic E-state index is 12.8. The van der Waals surface area contributed by atoms with E-state index in [1.807, 2.05) is 23.6 Å². The Bertz CT molecular complexity index is 1220. The molecule has 0 saturated heterocycles. The van der Waals surface area contributed by atoms with E-state index in [1.54, 1.807) is 43.0 Å². The summed E-state index contributed by atoms with van der Waals surface area (Å²) in [5.74, 6) is -0.415. The number of aromatic nitrogens is 3. The van der Waals surface area contributed by atoms with E-state index >= 15 is 0 Å². The standard InChI is InChI=1S/C21H16Cl2N4O2/c1-12-8-24-19-14(20(12)27-9-13(10-28)25-11-27)4-2-7-17(19)26-21(29)18-15(22)5-3-6-16(18)23/h2-9,11,28H,10H2,1H3,(H,26,29). The molecular weight excluding hydrogens is 411 g/mol. The number of halogens is 2. The summed E-state index contributed by atoms with van der Waals surface area (Å²) in [6.45, 7) is 1.80. The second-order valence-electron chi connectivity index (χ2n) is 6.47. The van der Waals surface area contributed by atoms with Crippen LogP contribution in [0.1, 0.15) is 21.6 Å². The highest BCUT2D eigenvalue weighted by Crippen LogP contribution is 2.31. The number of amides is 1. The molecule has 4 aromatic rings. The predicted octanol–water partition coefficient (Wildman–Crippen LogP) is 4.78. The number of carbonyl (C=O) groups excluding carboxylic acids is 1. The number of aliphatic hydroxyl groups excluding tert-OH is 1. The molecule has 0 atom stereocenters. The van der Waals surface area contributed by atoms with Crippen LogP contribution in [0.5, 0.6) is 0 Å². The second-order valence-corrected chi connectivity index (χ2v) is 7.29. The van der Waals surface area contributed by atoms with Crippen LogP contribution in [-0.4, -0.2) is 25.5 Å². The Labute approximate surface area is 176 Å². The first-order valence-electron chi connectivity index (χ1n) is 8.77. The van der Waals surface area contributed by atoms with Crippen LogP contribution < -0.4 is 5.32 Å². The van der Waals surface area contributed by atoms with E-state index in [4.69, 9.17) is 23.2 Å². The number of nitrogens with one attached hydrogen (secondary N) is 1. The Hall–Kier alpha value is -2.93. The summed E-state index contributed by atoms with van der Waals surface area (Å²) in [5.41, 5.74) is 3.72. The number of fused-ring (bicyclic) bond motifs is 1. The van der Waals surface area contributed by atoms with E-state index in [-0.39, 0.29) is 22.2 Å². The molecule has 0 bridgehead atoms. The number of aryl methyl sites for hydroxylation is 1. The number of imidazole rings is 1. The minimum Gasteiger partial charge on any atom is -0.390 e. The third kappa shape index (κ3) is 3.58. The van der Waals surface area contributed by atoms with Gasteiger partial charge < -0.3 is 15.0 Å². The van der Waals surface area contributed by atoms with Crippen LogP contribution in [0.2, 0.25) is 10.0 Å². The van der Waals surface area contributed by atoms with Crippen molar-refractivity contribution in [1.29, 1.82) is 0 Å². The summed E-state index contributed by atoms with van der Waals surface area (Å²) < 4.78 is 1.83. The van der Waals surface area contributed by atoms with E-state index in [0.29, 0.717) is 16.9 Å². The quantitative estimate of drug-likeness (QED) is 0.491. The summed E-state index contributed by atoms with van der Waals surface area (Å²) in [5, 5.41) is 13.6. The van der Waals surface area contributed by atoms with Crippen molar-refractivity contribution in [3.8, 4) is 5.69 Å². The van der Waals surface area contributed by atoms with Crippen LogP contribution in [0.4, 0.5) is 5.69 Å². The fraction of sp³-hybridized carbons (Fsp3) is 0.0952. The summed E-state index contributed by atoms with van der Waals surface area (Å²) >= 11 is 12.3. The van der Waals surface area contributed by atoms with Crippen LogP contribution >= 0.6 is 23.2 Å². The van der Waals surface area contributed by atoms with Gasteiger partial charge in [0.05, 0.1) is 51.1 Å². The number of aliphatic hydroxyl groups is 1. The number of anilines is 1. The molecule has 0 aliphatic carbocycles. The zero-order valence-electron chi connectivity index (χ0n) is 15.4. The van der Waals surface area contributed by atoms with Crippen LogP contribution in [0.3, 0.4) is 0 Å². The number of para-hydroxylation sites is 1. The second kappa shape index (κ2) is 7.83. The maximum atomic E-state index is 12.8. The van der Waals surface area contributed by atoms with Crippen molar-refractivity contribution in [2.75, 3.05) is 5.32 Å². The van der Waals surface area contributed by atoms with Crippen molar-refractivity contribution in [2.45, 2.75) is 13.5 Å². The molecule has 1 amide bonds. The molecule has 0 spiro atoms. The van der Waals surface area contributed by atoms with Crippen molar-refractivity contribution in [1.82, 2.24) is 14.5 Å². The van der Waals surface area contributed by atoms with E-state index in [9.17, 15) is 9.90 Å². The molecule has 0 unspecified atom stereocenters. The number of hydrogen-bond donors (Lipinski definition) is 2. The largest absolute Gasteiger partial charge is 0.390 e. The zero-order valence-corrected chi connectivity index (χ0v) is 16.9. The molecule has 0 saturated carbocycles. The lowest BCUT2D eigenvalue weighted by atomic mass is 10.1. The Morgan fingerprint density at radius 3 is 2.55 bits per heavy atom. The molecule has 4 rings (SSSR count). The van der Waals surface area contributed by atoms with Gasteiger partial charge in [0.2, 0.25) is 0 Å². The lowest BCUT2D eigenvalue weighted by molar-refractivity contribution is 0.102. The van der Waals surface area contributed by atoms with Crippen LogP contribution in [0.15, 0.2) is 55.1 Å². The summed E-state index contributed by atoms with van der Waals surface area (Å²) in [4.78, 5) is 21.5. The van der Waals surface area contributed by atoms with Crippen molar-refractivity contribution < 1.29 is 9.90 Å². The van der Waals surface area contributed by atoms with Crippen LogP contribution in [-0.2, 0) is 6.61 Å². The van der Waals surface area contributed by atoms with E-state index in [0.717, 1.165) is 16.6 Å². The van der Waals surface area contributed by atoms with Gasteiger partial charge in [0.25, 0.3) is 5.91 Å². The number of hydrogen-bond acceptors (Lipinski definition) is 4. The Morgan fingerprint density at radius 1 is 1.14 bits per heavy atom. The van der Waals surface area contributed by atoms with Gasteiger partial charge in [-0.05, 0) is 30.7 Å². The molecule has 0 fully saturated rings. The summed E-state index contributed by atoms with van der Waals surface area (Å²) in [6, 6.07) is 10.4. The molecule has 146 valence electrons. The Morgan fingerprint density at radius 2 is 1.86 bits per heavy atom. The topological polar surface area (TPSA) is 80.0 Å². The highest BCUT2D eigenvalue weighted by atomic mass is 35.5. The molecule has 2 aromatic carbocycles. The molecule has 8 heteroatoms. The molecule has 2 heterocycles. The molecule has 0 aliphatic rings. The average Bonchev–Trinajstić information content (AvgIpc) is 3.16. The van der Waals surface area contributed by atoms with Crippen molar-refractivity contribution in [3.63, 3.8) is 0 Å². The fourth-order valence-corrected chi connectivity index (χ4v) is 3.79. The smallest absolute Gasteiger partial charge is 0.258 e. The number of pyridine rings is 1. The van der Waals surface area contributed by atoms with Crippen LogP contribution in [0.25, 0.3) is 16.6 Å². The number of nitrogens with zero attached hydrogens (tertiary/aromatic N) is 3. The molecule has 6 nitrogen and oxygen atoms in total. The summed E-state index contributed by atoms with van der Waals surface area (Å²) in [6.07, 6.45) is 5.13. The minimum atomic E-state index is -0.415. The molecule has 2 N–H and O–H groups in total. The third-order valence-corrected chi connectivity index (χ3v) is 5.18. The molecular formula is C21H16Cl2N4O2. The van der Waals surface area contributed by atoms with Crippen molar-refractivity contribution >= 4 is 45.7 Å². The Balaban J connectivity index is 1.81. The van der Waals surface area contributed by atoms with Gasteiger partial charge in [-0.15, -0.1) is 0 Å². The van der Waals surface area contributed by atoms with E-state index < -0.39 is 5.91 Å². The van der Waals surface area contributed by atoms with Gasteiger partial charge in [-0.25, -0.2) is 4.98 Å². The Kier molecular flexibility index (Phi) is 5.24. The van der Waals surface area contributed by atoms with Gasteiger partial charge in [-0.2, -0.15) is 0 Å². The third-order valence-electron chi connectivity index (χ3n) is 4.55. The van der Waals surface area contributed by atoms with Gasteiger partial charge >= 0.3 is 0 Å². The normalized spacial score (nSPS) is 11.0. The highest BCUT2D eigenvalue weighted by Gasteiger charge is 2.17. The van der Waals surface area contributed by atoms with E-state index in [2.05, 4.69) is 15.3 Å². The lowest BCUT2D eigenvalue weighted by Gasteiger charge is -2.14. The van der Waals surface area contributed by atoms with E-state index in [1.165, 1.54) is 0 Å². The molecule has 2 aromatic heterocycles. The zero-order chi connectivity index (χ0) is 20.5. The van der Waals surface area contributed by atoms with Gasteiger partial charge in [0.15, 0.2) is 0 Å². The fourth-order valence-electron chi connectivity index (χ4n) is 3.22. The number of rotatable bonds is 4. The van der Waals surface area contributed by atoms with Crippen molar-refractivity contribution in [2.24, 2.45) is 0 Å². The molecule has 0 aliphatic heterocycles. The molecule has 29 heavy (non-hydrogen) atoms. The van der Waals surface area contributed by atoms with Crippen LogP contribution in [0, 0.1) is 6.92 Å². The minimum absolute atomic E-state index is 0.144. The first kappa shape index (κ1) is 19.4. The van der Waals surface area contributed by atoms with Crippen molar-refractivity contribution in [3.05, 3.63) is 82.0 Å². The number of benzene rings is 2. The first-order valence-corrected chi connectivity index (χ1v) is 9.53. The number of carbonyl (C=O) groups is 1. The van der Waals surface area contributed by atoms with Gasteiger partial charge in [-0.1, -0.05) is 41.4 Å². The molecule has 0 radical (unpaired) electrons. The summed E-state index contributed by atoms with van der Waals surface area (Å²) in [7, 11) is 0. The monoisotopic (exact) mass is 426 g/mol. The highest BCUT2D eigenvalue weighted by molar-refractivity contribution is 6.40. The average molecular weight is 427 g/mol. The predicted molar refractivity (Wildman–Crippen MR) is 114 cm³/mol. The van der Waals surface area contributed by atoms with Gasteiger partial charge in [0, 0.05) is 17.8 Å². The van der Waals surface area contributed by atoms with Gasteiger partial charge in [-0.3, -0.25) is 9.78 Å².